The van der Waals surface area contributed by atoms with Crippen LogP contribution in [0, 0.1) is 0 Å². The van der Waals surface area contributed by atoms with Crippen LogP contribution in [-0.4, -0.2) is 57.6 Å². The summed E-state index contributed by atoms with van der Waals surface area (Å²) in [5, 5.41) is 0. The van der Waals surface area contributed by atoms with Crippen LogP contribution in [0.15, 0.2) is 36.9 Å². The molecule has 1 aliphatic rings. The van der Waals surface area contributed by atoms with Gasteiger partial charge in [-0.15, -0.1) is 0 Å². The number of rotatable bonds is 4. The van der Waals surface area contributed by atoms with E-state index in [1.54, 1.807) is 4.90 Å². The van der Waals surface area contributed by atoms with E-state index in [-0.39, 0.29) is 17.6 Å². The number of carbonyl (C=O) groups excluding carboxylic acids is 1. The number of aromatic nitrogens is 2. The molecule has 0 radical (unpaired) electrons. The number of nitrogens with zero attached hydrogens (tertiary/aromatic N) is 4. The summed E-state index contributed by atoms with van der Waals surface area (Å²) in [6.45, 7) is 7.88. The Labute approximate surface area is 178 Å². The molecule has 10 heteroatoms. The molecule has 1 aromatic carbocycles. The van der Waals surface area contributed by atoms with Gasteiger partial charge >= 0.3 is 12.3 Å². The van der Waals surface area contributed by atoms with Gasteiger partial charge in [0.1, 0.15) is 17.7 Å². The SMILES string of the molecule is CC(C)(C)OC(=O)N1CCN(Cc2ccc(C(F)(F)F)cc2Oc2cncnc2)CC1. The zero-order chi connectivity index (χ0) is 22.6. The molecule has 1 fully saturated rings. The predicted molar refractivity (Wildman–Crippen MR) is 107 cm³/mol. The van der Waals surface area contributed by atoms with Gasteiger partial charge < -0.3 is 14.4 Å². The monoisotopic (exact) mass is 438 g/mol. The predicted octanol–water partition coefficient (Wildman–Crippen LogP) is 4.34. The van der Waals surface area contributed by atoms with Crippen molar-refractivity contribution in [3.8, 4) is 11.5 Å². The number of ether oxygens (including phenoxy) is 2. The van der Waals surface area contributed by atoms with Crippen molar-refractivity contribution < 1.29 is 27.4 Å². The van der Waals surface area contributed by atoms with E-state index in [2.05, 4.69) is 14.9 Å². The van der Waals surface area contributed by atoms with Gasteiger partial charge in [-0.2, -0.15) is 13.2 Å². The number of amides is 1. The van der Waals surface area contributed by atoms with Crippen molar-refractivity contribution in [2.75, 3.05) is 26.2 Å². The molecule has 1 amide bonds. The lowest BCUT2D eigenvalue weighted by Gasteiger charge is -2.35. The quantitative estimate of drug-likeness (QED) is 0.708. The van der Waals surface area contributed by atoms with E-state index < -0.39 is 17.3 Å². The molecule has 0 bridgehead atoms. The van der Waals surface area contributed by atoms with Gasteiger partial charge in [0.05, 0.1) is 18.0 Å². The molecule has 0 unspecified atom stereocenters. The average molecular weight is 438 g/mol. The third kappa shape index (κ3) is 6.55. The third-order valence-corrected chi connectivity index (χ3v) is 4.58. The van der Waals surface area contributed by atoms with E-state index >= 15 is 0 Å². The Morgan fingerprint density at radius 2 is 1.71 bits per heavy atom. The fourth-order valence-electron chi connectivity index (χ4n) is 3.08. The van der Waals surface area contributed by atoms with Gasteiger partial charge in [-0.05, 0) is 32.9 Å². The van der Waals surface area contributed by atoms with Crippen LogP contribution in [-0.2, 0) is 17.5 Å². The van der Waals surface area contributed by atoms with E-state index in [0.29, 0.717) is 38.3 Å². The lowest BCUT2D eigenvalue weighted by atomic mass is 10.1. The number of hydrogen-bond acceptors (Lipinski definition) is 6. The molecule has 1 aromatic heterocycles. The number of piperazine rings is 1. The number of carbonyl (C=O) groups is 1. The zero-order valence-corrected chi connectivity index (χ0v) is 17.6. The van der Waals surface area contributed by atoms with Crippen LogP contribution in [0.4, 0.5) is 18.0 Å². The van der Waals surface area contributed by atoms with E-state index in [0.717, 1.165) is 12.1 Å². The normalized spacial score (nSPS) is 15.6. The second kappa shape index (κ2) is 9.09. The lowest BCUT2D eigenvalue weighted by Crippen LogP contribution is -2.49. The molecule has 1 aliphatic heterocycles. The van der Waals surface area contributed by atoms with Crippen LogP contribution < -0.4 is 4.74 Å². The Balaban J connectivity index is 1.70. The van der Waals surface area contributed by atoms with Crippen LogP contribution in [0.5, 0.6) is 11.5 Å². The molecule has 1 saturated heterocycles. The van der Waals surface area contributed by atoms with Crippen molar-refractivity contribution >= 4 is 6.09 Å². The molecule has 0 N–H and O–H groups in total. The molecule has 7 nitrogen and oxygen atoms in total. The molecule has 2 heterocycles. The standard InChI is InChI=1S/C21H25F3N4O3/c1-20(2,3)31-19(29)28-8-6-27(7-9-28)13-15-4-5-16(21(22,23)24)10-18(15)30-17-11-25-14-26-12-17/h4-5,10-12,14H,6-9,13H2,1-3H3. The first-order valence-corrected chi connectivity index (χ1v) is 9.84. The molecule has 31 heavy (non-hydrogen) atoms. The van der Waals surface area contributed by atoms with Gasteiger partial charge in [0, 0.05) is 38.3 Å². The maximum absolute atomic E-state index is 13.2. The van der Waals surface area contributed by atoms with Gasteiger partial charge in [-0.3, -0.25) is 4.90 Å². The van der Waals surface area contributed by atoms with Crippen LogP contribution in [0.2, 0.25) is 0 Å². The number of hydrogen-bond donors (Lipinski definition) is 0. The van der Waals surface area contributed by atoms with E-state index in [9.17, 15) is 18.0 Å². The summed E-state index contributed by atoms with van der Waals surface area (Å²) in [6, 6.07) is 3.45. The fraction of sp³-hybridized carbons (Fsp3) is 0.476. The van der Waals surface area contributed by atoms with Crippen LogP contribution in [0.25, 0.3) is 0 Å². The highest BCUT2D eigenvalue weighted by molar-refractivity contribution is 5.68. The van der Waals surface area contributed by atoms with Crippen LogP contribution >= 0.6 is 0 Å². The number of benzene rings is 1. The minimum atomic E-state index is -4.48. The van der Waals surface area contributed by atoms with E-state index in [1.807, 2.05) is 20.8 Å². The van der Waals surface area contributed by atoms with E-state index in [4.69, 9.17) is 9.47 Å². The highest BCUT2D eigenvalue weighted by atomic mass is 19.4. The topological polar surface area (TPSA) is 67.8 Å². The molecule has 168 valence electrons. The minimum absolute atomic E-state index is 0.0965. The maximum atomic E-state index is 13.2. The summed E-state index contributed by atoms with van der Waals surface area (Å²) < 4.78 is 50.6. The Hall–Kier alpha value is -2.88. The Bertz CT molecular complexity index is 893. The lowest BCUT2D eigenvalue weighted by molar-refractivity contribution is -0.137. The van der Waals surface area contributed by atoms with Crippen LogP contribution in [0.1, 0.15) is 31.9 Å². The number of halogens is 3. The summed E-state index contributed by atoms with van der Waals surface area (Å²) in [4.78, 5) is 23.6. The van der Waals surface area contributed by atoms with Gasteiger partial charge in [-0.1, -0.05) is 6.07 Å². The molecule has 3 rings (SSSR count). The first kappa shape index (κ1) is 22.8. The molecular formula is C21H25F3N4O3. The molecule has 0 saturated carbocycles. The summed E-state index contributed by atoms with van der Waals surface area (Å²) in [6.07, 6.45) is -0.769. The van der Waals surface area contributed by atoms with Gasteiger partial charge in [-0.25, -0.2) is 14.8 Å². The molecule has 0 spiro atoms. The molecular weight excluding hydrogens is 413 g/mol. The minimum Gasteiger partial charge on any atom is -0.454 e. The Morgan fingerprint density at radius 3 is 2.29 bits per heavy atom. The Morgan fingerprint density at radius 1 is 1.06 bits per heavy atom. The summed E-state index contributed by atoms with van der Waals surface area (Å²) >= 11 is 0. The van der Waals surface area contributed by atoms with Crippen molar-refractivity contribution in [2.24, 2.45) is 0 Å². The van der Waals surface area contributed by atoms with Gasteiger partial charge in [0.15, 0.2) is 5.75 Å². The van der Waals surface area contributed by atoms with Gasteiger partial charge in [0.2, 0.25) is 0 Å². The largest absolute Gasteiger partial charge is 0.454 e. The summed E-state index contributed by atoms with van der Waals surface area (Å²) in [7, 11) is 0. The third-order valence-electron chi connectivity index (χ3n) is 4.58. The summed E-state index contributed by atoms with van der Waals surface area (Å²) in [5.74, 6) is 0.344. The Kier molecular flexibility index (Phi) is 6.68. The first-order chi connectivity index (χ1) is 14.5. The van der Waals surface area contributed by atoms with Crippen molar-refractivity contribution in [3.05, 3.63) is 48.0 Å². The fourth-order valence-corrected chi connectivity index (χ4v) is 3.08. The summed E-state index contributed by atoms with van der Waals surface area (Å²) in [5.41, 5.74) is -0.762. The molecule has 2 aromatic rings. The highest BCUT2D eigenvalue weighted by Gasteiger charge is 2.32. The highest BCUT2D eigenvalue weighted by Crippen LogP contribution is 2.35. The van der Waals surface area contributed by atoms with Crippen molar-refractivity contribution in [1.82, 2.24) is 19.8 Å². The maximum Gasteiger partial charge on any atom is 0.416 e. The van der Waals surface area contributed by atoms with E-state index in [1.165, 1.54) is 24.8 Å². The van der Waals surface area contributed by atoms with Crippen molar-refractivity contribution in [2.45, 2.75) is 39.1 Å². The smallest absolute Gasteiger partial charge is 0.416 e. The van der Waals surface area contributed by atoms with Gasteiger partial charge in [0.25, 0.3) is 0 Å². The average Bonchev–Trinajstić information content (AvgIpc) is 2.68. The van der Waals surface area contributed by atoms with Crippen molar-refractivity contribution in [3.63, 3.8) is 0 Å². The molecule has 0 aliphatic carbocycles. The zero-order valence-electron chi connectivity index (χ0n) is 17.6. The van der Waals surface area contributed by atoms with Crippen LogP contribution in [0.3, 0.4) is 0 Å². The molecule has 0 atom stereocenters. The first-order valence-electron chi connectivity index (χ1n) is 9.84. The number of alkyl halides is 3. The second-order valence-corrected chi connectivity index (χ2v) is 8.24. The second-order valence-electron chi connectivity index (χ2n) is 8.24. The van der Waals surface area contributed by atoms with Crippen molar-refractivity contribution in [1.29, 1.82) is 0 Å².